The van der Waals surface area contributed by atoms with Crippen LogP contribution >= 0.6 is 0 Å². The van der Waals surface area contributed by atoms with Crippen LogP contribution in [0.1, 0.15) is 25.8 Å². The first-order chi connectivity index (χ1) is 10.1. The molecule has 2 fully saturated rings. The highest BCUT2D eigenvalue weighted by Crippen LogP contribution is 2.39. The van der Waals surface area contributed by atoms with Crippen LogP contribution in [0.15, 0.2) is 30.3 Å². The molecule has 4 atom stereocenters. The predicted molar refractivity (Wildman–Crippen MR) is 74.4 cm³/mol. The quantitative estimate of drug-likeness (QED) is 0.777. The lowest BCUT2D eigenvalue weighted by Gasteiger charge is -2.25. The number of rotatable bonds is 5. The van der Waals surface area contributed by atoms with Crippen molar-refractivity contribution in [3.63, 3.8) is 0 Å². The zero-order chi connectivity index (χ0) is 14.9. The molecule has 2 heterocycles. The van der Waals surface area contributed by atoms with Gasteiger partial charge in [0.25, 0.3) is 0 Å². The molecule has 114 valence electrons. The Morgan fingerprint density at radius 3 is 2.71 bits per heavy atom. The highest BCUT2D eigenvalue weighted by atomic mass is 16.8. The van der Waals surface area contributed by atoms with Gasteiger partial charge in [-0.05, 0) is 19.4 Å². The van der Waals surface area contributed by atoms with Crippen molar-refractivity contribution in [2.24, 2.45) is 0 Å². The Bertz CT molecular complexity index is 487. The van der Waals surface area contributed by atoms with E-state index in [9.17, 15) is 4.79 Å². The van der Waals surface area contributed by atoms with Crippen molar-refractivity contribution in [1.82, 2.24) is 0 Å². The molecule has 2 saturated heterocycles. The summed E-state index contributed by atoms with van der Waals surface area (Å²) < 4.78 is 23.3. The largest absolute Gasteiger partial charge is 0.368 e. The molecule has 2 aliphatic rings. The first kappa shape index (κ1) is 14.7. The van der Waals surface area contributed by atoms with E-state index in [1.54, 1.807) is 0 Å². The minimum Gasteiger partial charge on any atom is -0.368 e. The molecular formula is C16H20O5. The average Bonchev–Trinajstić information content (AvgIpc) is 2.90. The zero-order valence-electron chi connectivity index (χ0n) is 12.2. The molecule has 1 aromatic carbocycles. The van der Waals surface area contributed by atoms with E-state index in [2.05, 4.69) is 0 Å². The Labute approximate surface area is 124 Å². The third-order valence-electron chi connectivity index (χ3n) is 3.70. The van der Waals surface area contributed by atoms with E-state index in [1.807, 2.05) is 44.2 Å². The maximum absolute atomic E-state index is 10.8. The van der Waals surface area contributed by atoms with E-state index in [0.29, 0.717) is 6.61 Å². The summed E-state index contributed by atoms with van der Waals surface area (Å²) in [7, 11) is 0. The zero-order valence-corrected chi connectivity index (χ0v) is 12.2. The molecule has 0 N–H and O–H groups in total. The first-order valence-corrected chi connectivity index (χ1v) is 7.19. The van der Waals surface area contributed by atoms with Gasteiger partial charge in [0.15, 0.2) is 12.1 Å². The topological polar surface area (TPSA) is 54.0 Å². The number of fused-ring (bicyclic) bond motifs is 1. The Morgan fingerprint density at radius 1 is 1.24 bits per heavy atom. The molecule has 0 aliphatic carbocycles. The van der Waals surface area contributed by atoms with Gasteiger partial charge in [0.1, 0.15) is 18.5 Å². The first-order valence-electron chi connectivity index (χ1n) is 7.19. The SMILES string of the molecule is CC1(C)O[C@H]2O[C@H](CC=O)[C@H](OCc3ccccc3)[C@H]2O1. The molecule has 1 aromatic rings. The molecule has 0 aromatic heterocycles. The molecular weight excluding hydrogens is 272 g/mol. The van der Waals surface area contributed by atoms with Crippen LogP contribution in [0.5, 0.6) is 0 Å². The number of aldehydes is 1. The second-order valence-electron chi connectivity index (χ2n) is 5.81. The van der Waals surface area contributed by atoms with E-state index in [-0.39, 0.29) is 24.7 Å². The van der Waals surface area contributed by atoms with Crippen molar-refractivity contribution < 1.29 is 23.7 Å². The molecule has 0 radical (unpaired) electrons. The fourth-order valence-electron chi connectivity index (χ4n) is 2.80. The second-order valence-corrected chi connectivity index (χ2v) is 5.81. The van der Waals surface area contributed by atoms with Gasteiger partial charge in [0.2, 0.25) is 0 Å². The standard InChI is InChI=1S/C16H20O5/c1-16(2)20-14-13(12(8-9-17)19-15(14)21-16)18-10-11-6-4-3-5-7-11/h3-7,9,12-15H,8,10H2,1-2H3/t12-,13+,14-,15-/m1/s1. The Morgan fingerprint density at radius 2 is 2.00 bits per heavy atom. The van der Waals surface area contributed by atoms with Gasteiger partial charge in [0, 0.05) is 6.42 Å². The lowest BCUT2D eigenvalue weighted by molar-refractivity contribution is -0.218. The number of carbonyl (C=O) groups excluding carboxylic acids is 1. The maximum Gasteiger partial charge on any atom is 0.190 e. The summed E-state index contributed by atoms with van der Waals surface area (Å²) in [5, 5.41) is 0. The predicted octanol–water partition coefficient (Wildman–Crippen LogP) is 2.04. The summed E-state index contributed by atoms with van der Waals surface area (Å²) in [6.45, 7) is 4.15. The molecule has 0 unspecified atom stereocenters. The van der Waals surface area contributed by atoms with Gasteiger partial charge in [-0.15, -0.1) is 0 Å². The molecule has 0 saturated carbocycles. The van der Waals surface area contributed by atoms with Gasteiger partial charge in [-0.25, -0.2) is 0 Å². The Kier molecular flexibility index (Phi) is 4.08. The summed E-state index contributed by atoms with van der Waals surface area (Å²) in [5.74, 6) is -0.685. The third-order valence-corrected chi connectivity index (χ3v) is 3.70. The second kappa shape index (κ2) is 5.85. The summed E-state index contributed by atoms with van der Waals surface area (Å²) in [6.07, 6.45) is -0.270. The fourth-order valence-corrected chi connectivity index (χ4v) is 2.80. The molecule has 0 amide bonds. The van der Waals surface area contributed by atoms with E-state index in [0.717, 1.165) is 11.8 Å². The van der Waals surface area contributed by atoms with Crippen LogP contribution in [0.4, 0.5) is 0 Å². The van der Waals surface area contributed by atoms with Crippen molar-refractivity contribution in [1.29, 1.82) is 0 Å². The Hall–Kier alpha value is -1.27. The van der Waals surface area contributed by atoms with Gasteiger partial charge in [0.05, 0.1) is 12.7 Å². The lowest BCUT2D eigenvalue weighted by Crippen LogP contribution is -2.37. The van der Waals surface area contributed by atoms with Crippen LogP contribution in [0, 0.1) is 0 Å². The molecule has 5 nitrogen and oxygen atoms in total. The summed E-state index contributed by atoms with van der Waals surface area (Å²) in [6, 6.07) is 9.89. The van der Waals surface area contributed by atoms with Crippen LogP contribution in [0.2, 0.25) is 0 Å². The minimum atomic E-state index is -0.685. The Balaban J connectivity index is 1.68. The highest BCUT2D eigenvalue weighted by Gasteiger charge is 2.55. The van der Waals surface area contributed by atoms with Crippen molar-refractivity contribution >= 4 is 6.29 Å². The van der Waals surface area contributed by atoms with Crippen LogP contribution < -0.4 is 0 Å². The van der Waals surface area contributed by atoms with Crippen LogP contribution in [0.25, 0.3) is 0 Å². The molecule has 21 heavy (non-hydrogen) atoms. The van der Waals surface area contributed by atoms with Crippen molar-refractivity contribution in [3.8, 4) is 0 Å². The van der Waals surface area contributed by atoms with Gasteiger partial charge in [-0.2, -0.15) is 0 Å². The summed E-state index contributed by atoms with van der Waals surface area (Å²) >= 11 is 0. The number of benzene rings is 1. The summed E-state index contributed by atoms with van der Waals surface area (Å²) in [4.78, 5) is 10.8. The monoisotopic (exact) mass is 292 g/mol. The van der Waals surface area contributed by atoms with Gasteiger partial charge in [-0.1, -0.05) is 30.3 Å². The molecule has 0 bridgehead atoms. The normalized spacial score (nSPS) is 33.8. The lowest BCUT2D eigenvalue weighted by atomic mass is 10.1. The highest BCUT2D eigenvalue weighted by molar-refractivity contribution is 5.50. The molecule has 2 aliphatic heterocycles. The van der Waals surface area contributed by atoms with E-state index >= 15 is 0 Å². The van der Waals surface area contributed by atoms with Gasteiger partial charge in [-0.3, -0.25) is 0 Å². The van der Waals surface area contributed by atoms with Crippen molar-refractivity contribution in [2.75, 3.05) is 0 Å². The van der Waals surface area contributed by atoms with Gasteiger partial charge < -0.3 is 23.7 Å². The van der Waals surface area contributed by atoms with Crippen LogP contribution in [-0.2, 0) is 30.3 Å². The smallest absolute Gasteiger partial charge is 0.190 e. The van der Waals surface area contributed by atoms with Crippen LogP contribution in [-0.4, -0.2) is 36.7 Å². The van der Waals surface area contributed by atoms with Crippen LogP contribution in [0.3, 0.4) is 0 Å². The molecule has 0 spiro atoms. The number of hydrogen-bond donors (Lipinski definition) is 0. The summed E-state index contributed by atoms with van der Waals surface area (Å²) in [5.41, 5.74) is 1.07. The maximum atomic E-state index is 10.8. The van der Waals surface area contributed by atoms with Crippen molar-refractivity contribution in [3.05, 3.63) is 35.9 Å². The fraction of sp³-hybridized carbons (Fsp3) is 0.562. The average molecular weight is 292 g/mol. The number of hydrogen-bond acceptors (Lipinski definition) is 5. The van der Waals surface area contributed by atoms with Gasteiger partial charge >= 0.3 is 0 Å². The molecule has 5 heteroatoms. The third kappa shape index (κ3) is 3.16. The van der Waals surface area contributed by atoms with E-state index < -0.39 is 12.1 Å². The minimum absolute atomic E-state index is 0.277. The number of ether oxygens (including phenoxy) is 4. The van der Waals surface area contributed by atoms with E-state index in [1.165, 1.54) is 0 Å². The van der Waals surface area contributed by atoms with E-state index in [4.69, 9.17) is 18.9 Å². The molecule has 3 rings (SSSR count). The number of carbonyl (C=O) groups is 1. The van der Waals surface area contributed by atoms with Crippen molar-refractivity contribution in [2.45, 2.75) is 57.3 Å².